The predicted octanol–water partition coefficient (Wildman–Crippen LogP) is 2.99. The second-order valence-electron chi connectivity index (χ2n) is 4.68. The Hall–Kier alpha value is -0.610. The molecule has 0 aromatic heterocycles. The van der Waals surface area contributed by atoms with Gasteiger partial charge in [-0.2, -0.15) is 0 Å². The molecule has 0 heterocycles. The lowest BCUT2D eigenvalue weighted by Crippen LogP contribution is -2.26. The number of carbonyl (C=O) groups excluding carboxylic acids is 1. The molecule has 0 fully saturated rings. The van der Waals surface area contributed by atoms with Crippen LogP contribution in [-0.2, 0) is 9.59 Å². The standard InChI is InChI=1S/C14H27NO3.ClH/c1-4-7-12(14(17)18)8-9-13(16)10-11-15(5-2)6-3;/h12H,4-11H2,1-3H3,(H,17,18);1H. The highest BCUT2D eigenvalue weighted by Crippen LogP contribution is 2.14. The van der Waals surface area contributed by atoms with Gasteiger partial charge in [0.2, 0.25) is 0 Å². The van der Waals surface area contributed by atoms with Gasteiger partial charge in [0.05, 0.1) is 5.92 Å². The van der Waals surface area contributed by atoms with Crippen molar-refractivity contribution in [3.8, 4) is 0 Å². The summed E-state index contributed by atoms with van der Waals surface area (Å²) >= 11 is 0. The van der Waals surface area contributed by atoms with Crippen molar-refractivity contribution in [2.75, 3.05) is 19.6 Å². The Morgan fingerprint density at radius 1 is 1.05 bits per heavy atom. The molecule has 0 amide bonds. The van der Waals surface area contributed by atoms with Crippen LogP contribution in [0.4, 0.5) is 0 Å². The molecule has 19 heavy (non-hydrogen) atoms. The molecular weight excluding hydrogens is 266 g/mol. The summed E-state index contributed by atoms with van der Waals surface area (Å²) in [4.78, 5) is 24.8. The zero-order valence-electron chi connectivity index (χ0n) is 12.4. The third-order valence-electron chi connectivity index (χ3n) is 3.36. The van der Waals surface area contributed by atoms with Crippen LogP contribution in [0.15, 0.2) is 0 Å². The minimum atomic E-state index is -0.770. The topological polar surface area (TPSA) is 57.6 Å². The smallest absolute Gasteiger partial charge is 0.306 e. The Kier molecular flexibility index (Phi) is 13.5. The Morgan fingerprint density at radius 3 is 2.05 bits per heavy atom. The van der Waals surface area contributed by atoms with Gasteiger partial charge >= 0.3 is 5.97 Å². The van der Waals surface area contributed by atoms with Crippen molar-refractivity contribution >= 4 is 24.2 Å². The molecular formula is C14H28ClNO3. The summed E-state index contributed by atoms with van der Waals surface area (Å²) in [7, 11) is 0. The maximum absolute atomic E-state index is 11.7. The fourth-order valence-corrected chi connectivity index (χ4v) is 2.02. The Labute approximate surface area is 123 Å². The lowest BCUT2D eigenvalue weighted by Gasteiger charge is -2.17. The molecule has 1 atom stereocenters. The molecule has 0 aromatic rings. The molecule has 4 nitrogen and oxygen atoms in total. The van der Waals surface area contributed by atoms with E-state index < -0.39 is 5.97 Å². The van der Waals surface area contributed by atoms with Crippen LogP contribution in [0, 0.1) is 5.92 Å². The zero-order chi connectivity index (χ0) is 14.0. The Morgan fingerprint density at radius 2 is 1.63 bits per heavy atom. The summed E-state index contributed by atoms with van der Waals surface area (Å²) < 4.78 is 0. The van der Waals surface area contributed by atoms with Gasteiger partial charge in [-0.3, -0.25) is 9.59 Å². The van der Waals surface area contributed by atoms with Crippen molar-refractivity contribution < 1.29 is 14.7 Å². The number of carboxylic acids is 1. The van der Waals surface area contributed by atoms with Gasteiger partial charge in [-0.15, -0.1) is 12.4 Å². The molecule has 0 radical (unpaired) electrons. The van der Waals surface area contributed by atoms with Gasteiger partial charge in [0.1, 0.15) is 5.78 Å². The fourth-order valence-electron chi connectivity index (χ4n) is 2.02. The van der Waals surface area contributed by atoms with E-state index in [0.29, 0.717) is 25.7 Å². The third kappa shape index (κ3) is 9.91. The number of ketones is 1. The molecule has 0 saturated carbocycles. The van der Waals surface area contributed by atoms with E-state index in [0.717, 1.165) is 26.1 Å². The van der Waals surface area contributed by atoms with Crippen LogP contribution in [0.2, 0.25) is 0 Å². The number of halogens is 1. The van der Waals surface area contributed by atoms with Gasteiger partial charge in [0, 0.05) is 19.4 Å². The molecule has 0 saturated heterocycles. The van der Waals surface area contributed by atoms with Crippen LogP contribution in [0.1, 0.15) is 52.9 Å². The van der Waals surface area contributed by atoms with Crippen LogP contribution in [0.3, 0.4) is 0 Å². The molecule has 0 spiro atoms. The van der Waals surface area contributed by atoms with Crippen LogP contribution in [0.5, 0.6) is 0 Å². The lowest BCUT2D eigenvalue weighted by atomic mass is 9.96. The van der Waals surface area contributed by atoms with E-state index in [2.05, 4.69) is 18.7 Å². The molecule has 0 aliphatic carbocycles. The van der Waals surface area contributed by atoms with Crippen LogP contribution < -0.4 is 0 Å². The normalized spacial score (nSPS) is 12.0. The summed E-state index contributed by atoms with van der Waals surface area (Å²) in [6.45, 7) is 8.83. The molecule has 0 bridgehead atoms. The maximum Gasteiger partial charge on any atom is 0.306 e. The van der Waals surface area contributed by atoms with E-state index in [-0.39, 0.29) is 24.1 Å². The number of nitrogens with zero attached hydrogens (tertiary/aromatic N) is 1. The molecule has 5 heteroatoms. The van der Waals surface area contributed by atoms with Crippen molar-refractivity contribution in [1.29, 1.82) is 0 Å². The average molecular weight is 294 g/mol. The molecule has 114 valence electrons. The molecule has 1 unspecified atom stereocenters. The molecule has 0 aliphatic heterocycles. The first-order valence-electron chi connectivity index (χ1n) is 7.01. The Bertz CT molecular complexity index is 255. The minimum Gasteiger partial charge on any atom is -0.481 e. The van der Waals surface area contributed by atoms with Crippen LogP contribution in [-0.4, -0.2) is 41.4 Å². The maximum atomic E-state index is 11.7. The van der Waals surface area contributed by atoms with E-state index in [1.54, 1.807) is 0 Å². The molecule has 0 rings (SSSR count). The average Bonchev–Trinajstić information content (AvgIpc) is 2.35. The Balaban J connectivity index is 0. The van der Waals surface area contributed by atoms with Gasteiger partial charge in [-0.25, -0.2) is 0 Å². The van der Waals surface area contributed by atoms with Crippen molar-refractivity contribution in [3.05, 3.63) is 0 Å². The van der Waals surface area contributed by atoms with Crippen LogP contribution >= 0.6 is 12.4 Å². The number of carbonyl (C=O) groups is 2. The highest BCUT2D eigenvalue weighted by Gasteiger charge is 2.17. The second-order valence-corrected chi connectivity index (χ2v) is 4.68. The fraction of sp³-hybridized carbons (Fsp3) is 0.857. The SMILES string of the molecule is CCCC(CCC(=O)CCN(CC)CC)C(=O)O.Cl. The van der Waals surface area contributed by atoms with Gasteiger partial charge in [0.25, 0.3) is 0 Å². The van der Waals surface area contributed by atoms with Gasteiger partial charge in [0.15, 0.2) is 0 Å². The molecule has 0 aromatic carbocycles. The van der Waals surface area contributed by atoms with Gasteiger partial charge in [-0.05, 0) is 25.9 Å². The van der Waals surface area contributed by atoms with Crippen molar-refractivity contribution in [2.45, 2.75) is 52.9 Å². The summed E-state index contributed by atoms with van der Waals surface area (Å²) in [6.07, 6.45) is 2.95. The first kappa shape index (κ1) is 20.7. The largest absolute Gasteiger partial charge is 0.481 e. The number of rotatable bonds is 11. The first-order valence-corrected chi connectivity index (χ1v) is 7.01. The molecule has 0 aliphatic rings. The summed E-state index contributed by atoms with van der Waals surface area (Å²) in [6, 6.07) is 0. The second kappa shape index (κ2) is 12.4. The van der Waals surface area contributed by atoms with Gasteiger partial charge < -0.3 is 10.0 Å². The van der Waals surface area contributed by atoms with E-state index in [1.807, 2.05) is 6.92 Å². The minimum absolute atomic E-state index is 0. The van der Waals surface area contributed by atoms with E-state index in [9.17, 15) is 9.59 Å². The highest BCUT2D eigenvalue weighted by atomic mass is 35.5. The highest BCUT2D eigenvalue weighted by molar-refractivity contribution is 5.85. The van der Waals surface area contributed by atoms with Crippen molar-refractivity contribution in [3.63, 3.8) is 0 Å². The summed E-state index contributed by atoms with van der Waals surface area (Å²) in [5.74, 6) is -0.940. The number of aliphatic carboxylic acids is 1. The monoisotopic (exact) mass is 293 g/mol. The third-order valence-corrected chi connectivity index (χ3v) is 3.36. The predicted molar refractivity (Wildman–Crippen MR) is 79.9 cm³/mol. The van der Waals surface area contributed by atoms with E-state index in [1.165, 1.54) is 0 Å². The van der Waals surface area contributed by atoms with Gasteiger partial charge in [-0.1, -0.05) is 27.2 Å². The zero-order valence-corrected chi connectivity index (χ0v) is 13.2. The van der Waals surface area contributed by atoms with E-state index in [4.69, 9.17) is 5.11 Å². The molecule has 1 N–H and O–H groups in total. The summed E-state index contributed by atoms with van der Waals surface area (Å²) in [5.41, 5.74) is 0. The first-order chi connectivity index (χ1) is 8.54. The number of hydrogen-bond acceptors (Lipinski definition) is 3. The number of hydrogen-bond donors (Lipinski definition) is 1. The van der Waals surface area contributed by atoms with Crippen LogP contribution in [0.25, 0.3) is 0 Å². The summed E-state index contributed by atoms with van der Waals surface area (Å²) in [5, 5.41) is 8.99. The number of carboxylic acid groups (broad SMARTS) is 1. The van der Waals surface area contributed by atoms with Crippen molar-refractivity contribution in [1.82, 2.24) is 4.90 Å². The van der Waals surface area contributed by atoms with E-state index >= 15 is 0 Å². The van der Waals surface area contributed by atoms with Crippen molar-refractivity contribution in [2.24, 2.45) is 5.92 Å². The number of Topliss-reactive ketones (excluding diaryl/α,β-unsaturated/α-hetero) is 1. The lowest BCUT2D eigenvalue weighted by molar-refractivity contribution is -0.142. The quantitative estimate of drug-likeness (QED) is 0.636.